The minimum absolute atomic E-state index is 0.0334. The molecule has 1 aromatic carbocycles. The van der Waals surface area contributed by atoms with Crippen molar-refractivity contribution in [2.75, 3.05) is 0 Å². The number of nitrogens with two attached hydrogens (primary N) is 1. The first-order valence-electron chi connectivity index (χ1n) is 5.59. The van der Waals surface area contributed by atoms with Gasteiger partial charge in [0.2, 0.25) is 0 Å². The summed E-state index contributed by atoms with van der Waals surface area (Å²) < 4.78 is 1.86. The molecule has 2 N–H and O–H groups in total. The standard InChI is InChI=1S/C13H16ClN3/c1-8(15)11-6-4-5-7-12(11)17-10(3)13(14)9(2)16-17/h4-8H,15H2,1-3H3. The fourth-order valence-corrected chi connectivity index (χ4v) is 2.04. The Morgan fingerprint density at radius 3 is 2.47 bits per heavy atom. The van der Waals surface area contributed by atoms with Crippen LogP contribution in [-0.2, 0) is 0 Å². The second kappa shape index (κ2) is 4.51. The van der Waals surface area contributed by atoms with Crippen molar-refractivity contribution in [1.29, 1.82) is 0 Å². The fraction of sp³-hybridized carbons (Fsp3) is 0.308. The summed E-state index contributed by atoms with van der Waals surface area (Å²) in [4.78, 5) is 0. The summed E-state index contributed by atoms with van der Waals surface area (Å²) in [5.41, 5.74) is 9.81. The molecule has 0 saturated carbocycles. The normalized spacial score (nSPS) is 12.8. The van der Waals surface area contributed by atoms with Gasteiger partial charge in [0.1, 0.15) is 0 Å². The van der Waals surface area contributed by atoms with E-state index in [-0.39, 0.29) is 6.04 Å². The summed E-state index contributed by atoms with van der Waals surface area (Å²) in [6, 6.07) is 7.95. The number of halogens is 1. The molecule has 0 aliphatic carbocycles. The lowest BCUT2D eigenvalue weighted by molar-refractivity contribution is 0.766. The van der Waals surface area contributed by atoms with E-state index in [2.05, 4.69) is 5.10 Å². The summed E-state index contributed by atoms with van der Waals surface area (Å²) in [5.74, 6) is 0. The van der Waals surface area contributed by atoms with Crippen molar-refractivity contribution in [3.05, 3.63) is 46.2 Å². The number of aromatic nitrogens is 2. The third-order valence-electron chi connectivity index (χ3n) is 2.86. The molecule has 1 atom stereocenters. The van der Waals surface area contributed by atoms with E-state index in [9.17, 15) is 0 Å². The van der Waals surface area contributed by atoms with Crippen LogP contribution < -0.4 is 5.73 Å². The summed E-state index contributed by atoms with van der Waals surface area (Å²) >= 11 is 6.17. The Balaban J connectivity index is 2.64. The third kappa shape index (κ3) is 2.08. The van der Waals surface area contributed by atoms with E-state index in [4.69, 9.17) is 17.3 Å². The SMILES string of the molecule is Cc1nn(-c2ccccc2C(C)N)c(C)c1Cl. The molecule has 0 amide bonds. The molecule has 1 aromatic heterocycles. The molecule has 0 radical (unpaired) electrons. The molecule has 0 spiro atoms. The van der Waals surface area contributed by atoms with Gasteiger partial charge in [0.15, 0.2) is 0 Å². The van der Waals surface area contributed by atoms with Crippen LogP contribution >= 0.6 is 11.6 Å². The van der Waals surface area contributed by atoms with E-state index in [1.165, 1.54) is 0 Å². The maximum Gasteiger partial charge on any atom is 0.0848 e. The topological polar surface area (TPSA) is 43.8 Å². The van der Waals surface area contributed by atoms with Gasteiger partial charge in [0.25, 0.3) is 0 Å². The minimum atomic E-state index is -0.0334. The zero-order valence-electron chi connectivity index (χ0n) is 10.2. The highest BCUT2D eigenvalue weighted by Gasteiger charge is 2.14. The van der Waals surface area contributed by atoms with Gasteiger partial charge in [-0.2, -0.15) is 5.10 Å². The summed E-state index contributed by atoms with van der Waals surface area (Å²) in [6.07, 6.45) is 0. The highest BCUT2D eigenvalue weighted by atomic mass is 35.5. The molecule has 2 aromatic rings. The lowest BCUT2D eigenvalue weighted by atomic mass is 10.1. The van der Waals surface area contributed by atoms with E-state index in [1.807, 2.05) is 49.7 Å². The number of hydrogen-bond acceptors (Lipinski definition) is 2. The Morgan fingerprint density at radius 1 is 1.29 bits per heavy atom. The van der Waals surface area contributed by atoms with Crippen molar-refractivity contribution in [2.45, 2.75) is 26.8 Å². The lowest BCUT2D eigenvalue weighted by Gasteiger charge is -2.13. The van der Waals surface area contributed by atoms with Gasteiger partial charge >= 0.3 is 0 Å². The van der Waals surface area contributed by atoms with E-state index in [0.29, 0.717) is 5.02 Å². The summed E-state index contributed by atoms with van der Waals surface area (Å²) in [5, 5.41) is 5.16. The Morgan fingerprint density at radius 2 is 1.94 bits per heavy atom. The molecule has 1 heterocycles. The predicted octanol–water partition coefficient (Wildman–Crippen LogP) is 3.16. The first kappa shape index (κ1) is 12.1. The molecule has 2 rings (SSSR count). The van der Waals surface area contributed by atoms with Gasteiger partial charge in [0, 0.05) is 6.04 Å². The number of hydrogen-bond donors (Lipinski definition) is 1. The molecule has 1 unspecified atom stereocenters. The highest BCUT2D eigenvalue weighted by Crippen LogP contribution is 2.26. The fourth-order valence-electron chi connectivity index (χ4n) is 1.92. The average Bonchev–Trinajstić information content (AvgIpc) is 2.57. The Kier molecular flexibility index (Phi) is 3.22. The van der Waals surface area contributed by atoms with Gasteiger partial charge in [-0.3, -0.25) is 0 Å². The largest absolute Gasteiger partial charge is 0.324 e. The summed E-state index contributed by atoms with van der Waals surface area (Å²) in [7, 11) is 0. The number of rotatable bonds is 2. The van der Waals surface area contributed by atoms with E-state index in [1.54, 1.807) is 0 Å². The third-order valence-corrected chi connectivity index (χ3v) is 3.41. The minimum Gasteiger partial charge on any atom is -0.324 e. The Hall–Kier alpha value is -1.32. The van der Waals surface area contributed by atoms with Crippen LogP contribution in [0.1, 0.15) is 29.9 Å². The molecule has 90 valence electrons. The molecule has 17 heavy (non-hydrogen) atoms. The van der Waals surface area contributed by atoms with Gasteiger partial charge in [-0.25, -0.2) is 4.68 Å². The van der Waals surface area contributed by atoms with Crippen molar-refractivity contribution < 1.29 is 0 Å². The number of para-hydroxylation sites is 1. The van der Waals surface area contributed by atoms with Crippen LogP contribution in [0.4, 0.5) is 0 Å². The molecular weight excluding hydrogens is 234 g/mol. The van der Waals surface area contributed by atoms with E-state index in [0.717, 1.165) is 22.6 Å². The smallest absolute Gasteiger partial charge is 0.0848 e. The first-order chi connectivity index (χ1) is 8.02. The molecule has 0 aliphatic rings. The molecular formula is C13H16ClN3. The zero-order chi connectivity index (χ0) is 12.6. The number of nitrogens with zero attached hydrogens (tertiary/aromatic N) is 2. The van der Waals surface area contributed by atoms with Gasteiger partial charge in [-0.05, 0) is 32.4 Å². The van der Waals surface area contributed by atoms with Crippen molar-refractivity contribution in [2.24, 2.45) is 5.73 Å². The van der Waals surface area contributed by atoms with Gasteiger partial charge in [-0.15, -0.1) is 0 Å². The van der Waals surface area contributed by atoms with Gasteiger partial charge in [-0.1, -0.05) is 29.8 Å². The van der Waals surface area contributed by atoms with Crippen molar-refractivity contribution in [3.8, 4) is 5.69 Å². The Labute approximate surface area is 106 Å². The lowest BCUT2D eigenvalue weighted by Crippen LogP contribution is -2.11. The monoisotopic (exact) mass is 249 g/mol. The molecule has 0 aliphatic heterocycles. The van der Waals surface area contributed by atoms with Crippen LogP contribution in [-0.4, -0.2) is 9.78 Å². The molecule has 0 saturated heterocycles. The first-order valence-corrected chi connectivity index (χ1v) is 5.96. The maximum absolute atomic E-state index is 6.17. The molecule has 4 heteroatoms. The van der Waals surface area contributed by atoms with Crippen molar-refractivity contribution in [3.63, 3.8) is 0 Å². The second-order valence-electron chi connectivity index (χ2n) is 4.24. The van der Waals surface area contributed by atoms with Gasteiger partial charge in [0.05, 0.1) is 22.1 Å². The van der Waals surface area contributed by atoms with Gasteiger partial charge < -0.3 is 5.73 Å². The highest BCUT2D eigenvalue weighted by molar-refractivity contribution is 6.31. The quantitative estimate of drug-likeness (QED) is 0.889. The average molecular weight is 250 g/mol. The zero-order valence-corrected chi connectivity index (χ0v) is 11.0. The van der Waals surface area contributed by atoms with Crippen LogP contribution in [0.3, 0.4) is 0 Å². The van der Waals surface area contributed by atoms with E-state index >= 15 is 0 Å². The van der Waals surface area contributed by atoms with Crippen LogP contribution in [0.25, 0.3) is 5.69 Å². The van der Waals surface area contributed by atoms with Crippen molar-refractivity contribution >= 4 is 11.6 Å². The van der Waals surface area contributed by atoms with E-state index < -0.39 is 0 Å². The van der Waals surface area contributed by atoms with Crippen LogP contribution in [0.5, 0.6) is 0 Å². The van der Waals surface area contributed by atoms with Crippen LogP contribution in [0.15, 0.2) is 24.3 Å². The number of benzene rings is 1. The van der Waals surface area contributed by atoms with Crippen LogP contribution in [0.2, 0.25) is 5.02 Å². The van der Waals surface area contributed by atoms with Crippen molar-refractivity contribution in [1.82, 2.24) is 9.78 Å². The maximum atomic E-state index is 6.17. The molecule has 3 nitrogen and oxygen atoms in total. The van der Waals surface area contributed by atoms with Crippen LogP contribution in [0, 0.1) is 13.8 Å². The predicted molar refractivity (Wildman–Crippen MR) is 70.7 cm³/mol. The molecule has 0 fully saturated rings. The molecule has 0 bridgehead atoms. The number of aryl methyl sites for hydroxylation is 1. The Bertz CT molecular complexity index is 544. The summed E-state index contributed by atoms with van der Waals surface area (Å²) in [6.45, 7) is 5.83. The second-order valence-corrected chi connectivity index (χ2v) is 4.62.